The van der Waals surface area contributed by atoms with E-state index >= 15 is 0 Å². The van der Waals surface area contributed by atoms with Gasteiger partial charge in [0.05, 0.1) is 28.9 Å². The van der Waals surface area contributed by atoms with Crippen LogP contribution < -0.4 is 14.5 Å². The summed E-state index contributed by atoms with van der Waals surface area (Å²) in [5, 5.41) is 4.65. The molecule has 0 aliphatic carbocycles. The summed E-state index contributed by atoms with van der Waals surface area (Å²) in [7, 11) is 2.13. The van der Waals surface area contributed by atoms with Crippen molar-refractivity contribution in [1.29, 1.82) is 0 Å². The first-order valence-corrected chi connectivity index (χ1v) is 19.3. The number of aromatic nitrogens is 3. The highest BCUT2D eigenvalue weighted by molar-refractivity contribution is 6.12. The molecule has 272 valence electrons. The zero-order chi connectivity index (χ0) is 37.9. The molecule has 57 heavy (non-hydrogen) atoms. The third-order valence-electron chi connectivity index (χ3n) is 11.2. The highest BCUT2D eigenvalue weighted by Gasteiger charge is 2.25. The molecular weight excluding hydrogens is 699 g/mol. The van der Waals surface area contributed by atoms with Gasteiger partial charge in [0.25, 0.3) is 0 Å². The molecule has 0 saturated carbocycles. The van der Waals surface area contributed by atoms with Crippen LogP contribution in [-0.2, 0) is 7.05 Å². The molecule has 0 radical (unpaired) electrons. The largest absolute Gasteiger partial charge is 0.457 e. The summed E-state index contributed by atoms with van der Waals surface area (Å²) in [5.41, 5.74) is 11.3. The van der Waals surface area contributed by atoms with Gasteiger partial charge in [0.15, 0.2) is 0 Å². The predicted molar refractivity (Wildman–Crippen MR) is 235 cm³/mol. The molecule has 7 aromatic carbocycles. The van der Waals surface area contributed by atoms with Crippen LogP contribution in [0.15, 0.2) is 194 Å². The van der Waals surface area contributed by atoms with Crippen LogP contribution in [0, 0.1) is 0 Å². The van der Waals surface area contributed by atoms with E-state index in [1.807, 2.05) is 12.3 Å². The number of ether oxygens (including phenoxy) is 1. The minimum absolute atomic E-state index is 0.683. The van der Waals surface area contributed by atoms with Crippen molar-refractivity contribution in [1.82, 2.24) is 14.1 Å². The lowest BCUT2D eigenvalue weighted by Gasteiger charge is -2.24. The maximum atomic E-state index is 6.72. The van der Waals surface area contributed by atoms with Crippen LogP contribution in [0.4, 0.5) is 11.4 Å². The van der Waals surface area contributed by atoms with Crippen molar-refractivity contribution < 1.29 is 4.74 Å². The van der Waals surface area contributed by atoms with Crippen LogP contribution in [0.1, 0.15) is 5.56 Å². The molecule has 0 bridgehead atoms. The quantitative estimate of drug-likeness (QED) is 0.163. The molecule has 11 rings (SSSR count). The van der Waals surface area contributed by atoms with E-state index in [2.05, 4.69) is 208 Å². The average Bonchev–Trinajstić information content (AvgIpc) is 3.95. The summed E-state index contributed by atoms with van der Waals surface area (Å²) in [6.45, 7) is 0.683. The fourth-order valence-corrected chi connectivity index (χ4v) is 8.46. The second kappa shape index (κ2) is 13.3. The predicted octanol–water partition coefficient (Wildman–Crippen LogP) is 12.6. The molecule has 10 aromatic rings. The van der Waals surface area contributed by atoms with E-state index in [1.165, 1.54) is 27.6 Å². The van der Waals surface area contributed by atoms with Crippen molar-refractivity contribution in [3.05, 3.63) is 200 Å². The van der Waals surface area contributed by atoms with E-state index in [-0.39, 0.29) is 0 Å². The first-order chi connectivity index (χ1) is 28.2. The number of benzene rings is 7. The van der Waals surface area contributed by atoms with Gasteiger partial charge < -0.3 is 19.1 Å². The number of pyridine rings is 1. The zero-order valence-corrected chi connectivity index (χ0v) is 31.3. The molecule has 6 heteroatoms. The Hall–Kier alpha value is -7.57. The normalized spacial score (nSPS) is 13.0. The Bertz CT molecular complexity index is 3150. The summed E-state index contributed by atoms with van der Waals surface area (Å²) in [4.78, 5) is 9.74. The summed E-state index contributed by atoms with van der Waals surface area (Å²) in [6.07, 6.45) is 4.25. The zero-order valence-electron chi connectivity index (χ0n) is 31.3. The minimum atomic E-state index is 0.683. The molecule has 0 saturated heterocycles. The van der Waals surface area contributed by atoms with E-state index in [1.54, 1.807) is 0 Å². The molecule has 0 N–H and O–H groups in total. The second-order valence-corrected chi connectivity index (χ2v) is 14.6. The van der Waals surface area contributed by atoms with Crippen LogP contribution in [0.2, 0.25) is 0 Å². The first kappa shape index (κ1) is 32.8. The molecule has 0 atom stereocenters. The molecule has 3 aromatic heterocycles. The van der Waals surface area contributed by atoms with Gasteiger partial charge in [-0.1, -0.05) is 109 Å². The second-order valence-electron chi connectivity index (χ2n) is 14.6. The highest BCUT2D eigenvalue weighted by atomic mass is 16.5. The third-order valence-corrected chi connectivity index (χ3v) is 11.2. The van der Waals surface area contributed by atoms with Gasteiger partial charge in [0.2, 0.25) is 0 Å². The SMILES string of the molecule is Cn1c2ccccc2c2cnc(-n3c4ccc(-c5ccccc5)cc4c4ccc(Oc5cccc(N6C=C(c7ccccc7)N(c7ccccc7)C6)c5)cc43)cc21. The smallest absolute Gasteiger partial charge is 0.139 e. The van der Waals surface area contributed by atoms with Crippen molar-refractivity contribution in [2.75, 3.05) is 16.5 Å². The van der Waals surface area contributed by atoms with Gasteiger partial charge >= 0.3 is 0 Å². The Morgan fingerprint density at radius 2 is 1.18 bits per heavy atom. The van der Waals surface area contributed by atoms with Gasteiger partial charge in [0.1, 0.15) is 17.3 Å². The van der Waals surface area contributed by atoms with Crippen molar-refractivity contribution in [2.45, 2.75) is 0 Å². The number of hydrogen-bond acceptors (Lipinski definition) is 4. The maximum absolute atomic E-state index is 6.72. The molecule has 0 unspecified atom stereocenters. The van der Waals surface area contributed by atoms with Crippen molar-refractivity contribution in [3.8, 4) is 28.4 Å². The molecule has 0 amide bonds. The Balaban J connectivity index is 1.00. The summed E-state index contributed by atoms with van der Waals surface area (Å²) < 4.78 is 11.3. The fraction of sp³-hybridized carbons (Fsp3) is 0.0392. The van der Waals surface area contributed by atoms with Crippen LogP contribution in [0.25, 0.3) is 66.3 Å². The third kappa shape index (κ3) is 5.61. The van der Waals surface area contributed by atoms with Gasteiger partial charge in [0, 0.05) is 76.1 Å². The Kier molecular flexibility index (Phi) is 7.67. The summed E-state index contributed by atoms with van der Waals surface area (Å²) >= 11 is 0. The lowest BCUT2D eigenvalue weighted by Crippen LogP contribution is -2.26. The topological polar surface area (TPSA) is 38.5 Å². The van der Waals surface area contributed by atoms with Gasteiger partial charge in [-0.2, -0.15) is 0 Å². The molecule has 1 aliphatic heterocycles. The van der Waals surface area contributed by atoms with Gasteiger partial charge in [-0.25, -0.2) is 4.98 Å². The Labute approximate surface area is 330 Å². The van der Waals surface area contributed by atoms with Crippen LogP contribution in [0.3, 0.4) is 0 Å². The van der Waals surface area contributed by atoms with E-state index < -0.39 is 0 Å². The van der Waals surface area contributed by atoms with E-state index in [9.17, 15) is 0 Å². The Morgan fingerprint density at radius 3 is 2.00 bits per heavy atom. The molecule has 1 aliphatic rings. The van der Waals surface area contributed by atoms with E-state index in [0.29, 0.717) is 6.67 Å². The Morgan fingerprint density at radius 1 is 0.474 bits per heavy atom. The molecule has 0 spiro atoms. The number of aryl methyl sites for hydroxylation is 1. The van der Waals surface area contributed by atoms with E-state index in [4.69, 9.17) is 9.72 Å². The number of fused-ring (bicyclic) bond motifs is 6. The fourth-order valence-electron chi connectivity index (χ4n) is 8.46. The lowest BCUT2D eigenvalue weighted by molar-refractivity contribution is 0.483. The summed E-state index contributed by atoms with van der Waals surface area (Å²) in [5.74, 6) is 2.38. The molecule has 0 fully saturated rings. The van der Waals surface area contributed by atoms with Crippen molar-refractivity contribution in [2.24, 2.45) is 7.05 Å². The van der Waals surface area contributed by atoms with Gasteiger partial charge in [-0.05, 0) is 71.3 Å². The monoisotopic (exact) mass is 735 g/mol. The number of hydrogen-bond donors (Lipinski definition) is 0. The highest BCUT2D eigenvalue weighted by Crippen LogP contribution is 2.40. The number of nitrogens with zero attached hydrogens (tertiary/aromatic N) is 5. The van der Waals surface area contributed by atoms with Crippen molar-refractivity contribution in [3.63, 3.8) is 0 Å². The average molecular weight is 736 g/mol. The minimum Gasteiger partial charge on any atom is -0.457 e. The number of para-hydroxylation sites is 2. The van der Waals surface area contributed by atoms with Crippen LogP contribution >= 0.6 is 0 Å². The first-order valence-electron chi connectivity index (χ1n) is 19.3. The molecule has 4 heterocycles. The van der Waals surface area contributed by atoms with Gasteiger partial charge in [-0.15, -0.1) is 0 Å². The van der Waals surface area contributed by atoms with E-state index in [0.717, 1.165) is 67.1 Å². The molecular formula is C51H37N5O. The van der Waals surface area contributed by atoms with Gasteiger partial charge in [-0.3, -0.25) is 4.57 Å². The maximum Gasteiger partial charge on any atom is 0.139 e. The number of anilines is 2. The standard InChI is InChI=1S/C51H37N5O/c1-53-46-23-12-11-22-42(46)45-32-52-51(31-48(45)53)56-47-27-24-37(35-14-5-2-6-15-35)28-44(47)43-26-25-41(30-49(43)56)57-40-21-13-20-39(29-40)54-33-50(36-16-7-3-8-17-36)55(34-54)38-18-9-4-10-19-38/h2-33H,34H2,1H3. The lowest BCUT2D eigenvalue weighted by atomic mass is 10.0. The molecule has 6 nitrogen and oxygen atoms in total. The number of rotatable bonds is 7. The van der Waals surface area contributed by atoms with Crippen LogP contribution in [-0.4, -0.2) is 20.8 Å². The van der Waals surface area contributed by atoms with Crippen LogP contribution in [0.5, 0.6) is 11.5 Å². The summed E-state index contributed by atoms with van der Waals surface area (Å²) in [6, 6.07) is 63.9. The van der Waals surface area contributed by atoms with Crippen molar-refractivity contribution >= 4 is 60.7 Å².